The molecule has 0 bridgehead atoms. The third kappa shape index (κ3) is 2.49. The molecule has 2 nitrogen and oxygen atoms in total. The Morgan fingerprint density at radius 1 is 1.25 bits per heavy atom. The van der Waals surface area contributed by atoms with E-state index in [9.17, 15) is 0 Å². The standard InChI is InChI=1S/C14H22N2/c1-10-5-3-4-6-14(10)16-12-7-8-13(15)11(2)9-12/h7-10,14,16H,3-6,15H2,1-2H3. The second kappa shape index (κ2) is 4.77. The van der Waals surface area contributed by atoms with Crippen molar-refractivity contribution in [1.29, 1.82) is 0 Å². The van der Waals surface area contributed by atoms with Crippen LogP contribution in [0.3, 0.4) is 0 Å². The molecule has 88 valence electrons. The molecule has 0 amide bonds. The highest BCUT2D eigenvalue weighted by molar-refractivity contribution is 5.57. The molecule has 0 radical (unpaired) electrons. The zero-order valence-corrected chi connectivity index (χ0v) is 10.3. The van der Waals surface area contributed by atoms with Gasteiger partial charge in [0.25, 0.3) is 0 Å². The van der Waals surface area contributed by atoms with Crippen molar-refractivity contribution in [1.82, 2.24) is 0 Å². The van der Waals surface area contributed by atoms with E-state index in [1.807, 2.05) is 6.07 Å². The maximum atomic E-state index is 5.82. The predicted octanol–water partition coefficient (Wildman–Crippen LogP) is 3.57. The van der Waals surface area contributed by atoms with Crippen LogP contribution in [-0.4, -0.2) is 6.04 Å². The Labute approximate surface area is 98.2 Å². The molecule has 2 rings (SSSR count). The molecule has 2 heteroatoms. The highest BCUT2D eigenvalue weighted by atomic mass is 14.9. The van der Waals surface area contributed by atoms with Crippen molar-refractivity contribution in [2.24, 2.45) is 5.92 Å². The third-order valence-electron chi connectivity index (χ3n) is 3.73. The first kappa shape index (κ1) is 11.3. The fourth-order valence-corrected chi connectivity index (χ4v) is 2.51. The molecule has 0 saturated heterocycles. The van der Waals surface area contributed by atoms with Crippen LogP contribution < -0.4 is 11.1 Å². The average Bonchev–Trinajstić information content (AvgIpc) is 2.27. The Kier molecular flexibility index (Phi) is 3.37. The smallest absolute Gasteiger partial charge is 0.0346 e. The number of nitrogens with two attached hydrogens (primary N) is 1. The maximum absolute atomic E-state index is 5.82. The molecular weight excluding hydrogens is 196 g/mol. The van der Waals surface area contributed by atoms with Crippen LogP contribution in [0.2, 0.25) is 0 Å². The summed E-state index contributed by atoms with van der Waals surface area (Å²) >= 11 is 0. The van der Waals surface area contributed by atoms with Gasteiger partial charge in [0.15, 0.2) is 0 Å². The molecule has 0 aromatic heterocycles. The first-order chi connectivity index (χ1) is 7.66. The van der Waals surface area contributed by atoms with Gasteiger partial charge in [0.2, 0.25) is 0 Å². The summed E-state index contributed by atoms with van der Waals surface area (Å²) in [5.41, 5.74) is 9.07. The summed E-state index contributed by atoms with van der Waals surface area (Å²) in [7, 11) is 0. The predicted molar refractivity (Wildman–Crippen MR) is 70.6 cm³/mol. The monoisotopic (exact) mass is 218 g/mol. The average molecular weight is 218 g/mol. The van der Waals surface area contributed by atoms with Crippen molar-refractivity contribution >= 4 is 11.4 Å². The molecule has 0 heterocycles. The topological polar surface area (TPSA) is 38.0 Å². The van der Waals surface area contributed by atoms with Gasteiger partial charge in [-0.1, -0.05) is 19.8 Å². The van der Waals surface area contributed by atoms with Crippen LogP contribution >= 0.6 is 0 Å². The number of aryl methyl sites for hydroxylation is 1. The number of nitrogen functional groups attached to an aromatic ring is 1. The van der Waals surface area contributed by atoms with Gasteiger partial charge in [-0.3, -0.25) is 0 Å². The van der Waals surface area contributed by atoms with Gasteiger partial charge in [-0.15, -0.1) is 0 Å². The Morgan fingerprint density at radius 2 is 2.00 bits per heavy atom. The van der Waals surface area contributed by atoms with Gasteiger partial charge in [0.1, 0.15) is 0 Å². The van der Waals surface area contributed by atoms with E-state index in [0.29, 0.717) is 6.04 Å². The fraction of sp³-hybridized carbons (Fsp3) is 0.571. The van der Waals surface area contributed by atoms with Crippen molar-refractivity contribution < 1.29 is 0 Å². The Bertz CT molecular complexity index is 360. The lowest BCUT2D eigenvalue weighted by Gasteiger charge is -2.30. The van der Waals surface area contributed by atoms with E-state index in [4.69, 9.17) is 5.73 Å². The summed E-state index contributed by atoms with van der Waals surface area (Å²) in [5, 5.41) is 3.64. The van der Waals surface area contributed by atoms with Gasteiger partial charge in [0.05, 0.1) is 0 Å². The second-order valence-electron chi connectivity index (χ2n) is 5.08. The fourth-order valence-electron chi connectivity index (χ4n) is 2.51. The summed E-state index contributed by atoms with van der Waals surface area (Å²) < 4.78 is 0. The lowest BCUT2D eigenvalue weighted by molar-refractivity contribution is 0.349. The Balaban J connectivity index is 2.05. The minimum absolute atomic E-state index is 0.636. The van der Waals surface area contributed by atoms with Crippen LogP contribution in [0.5, 0.6) is 0 Å². The first-order valence-corrected chi connectivity index (χ1v) is 6.29. The Hall–Kier alpha value is -1.18. The molecule has 16 heavy (non-hydrogen) atoms. The van der Waals surface area contributed by atoms with Crippen LogP contribution in [-0.2, 0) is 0 Å². The van der Waals surface area contributed by atoms with Gasteiger partial charge in [-0.05, 0) is 49.4 Å². The molecule has 2 unspecified atom stereocenters. The molecule has 1 aromatic carbocycles. The van der Waals surface area contributed by atoms with E-state index in [1.54, 1.807) is 0 Å². The highest BCUT2D eigenvalue weighted by Crippen LogP contribution is 2.27. The number of nitrogens with one attached hydrogen (secondary N) is 1. The molecule has 1 aliphatic carbocycles. The van der Waals surface area contributed by atoms with Gasteiger partial charge >= 0.3 is 0 Å². The molecule has 2 atom stereocenters. The summed E-state index contributed by atoms with van der Waals surface area (Å²) in [5.74, 6) is 0.784. The molecular formula is C14H22N2. The normalized spacial score (nSPS) is 25.4. The minimum Gasteiger partial charge on any atom is -0.399 e. The molecule has 1 aliphatic rings. The molecule has 1 saturated carbocycles. The Morgan fingerprint density at radius 3 is 2.69 bits per heavy atom. The van der Waals surface area contributed by atoms with Crippen molar-refractivity contribution in [3.63, 3.8) is 0 Å². The molecule has 0 aliphatic heterocycles. The maximum Gasteiger partial charge on any atom is 0.0346 e. The van der Waals surface area contributed by atoms with E-state index in [0.717, 1.165) is 17.2 Å². The van der Waals surface area contributed by atoms with Gasteiger partial charge in [-0.2, -0.15) is 0 Å². The molecule has 1 fully saturated rings. The lowest BCUT2D eigenvalue weighted by atomic mass is 9.86. The number of hydrogen-bond acceptors (Lipinski definition) is 2. The highest BCUT2D eigenvalue weighted by Gasteiger charge is 2.20. The molecule has 0 spiro atoms. The van der Waals surface area contributed by atoms with E-state index < -0.39 is 0 Å². The minimum atomic E-state index is 0.636. The number of rotatable bonds is 2. The van der Waals surface area contributed by atoms with Crippen molar-refractivity contribution in [3.8, 4) is 0 Å². The first-order valence-electron chi connectivity index (χ1n) is 6.29. The number of hydrogen-bond donors (Lipinski definition) is 2. The van der Waals surface area contributed by atoms with E-state index in [-0.39, 0.29) is 0 Å². The van der Waals surface area contributed by atoms with Crippen molar-refractivity contribution in [3.05, 3.63) is 23.8 Å². The summed E-state index contributed by atoms with van der Waals surface area (Å²) in [6.45, 7) is 4.41. The van der Waals surface area contributed by atoms with E-state index >= 15 is 0 Å². The zero-order valence-electron chi connectivity index (χ0n) is 10.3. The van der Waals surface area contributed by atoms with Crippen LogP contribution in [0, 0.1) is 12.8 Å². The van der Waals surface area contributed by atoms with Crippen LogP contribution in [0.4, 0.5) is 11.4 Å². The lowest BCUT2D eigenvalue weighted by Crippen LogP contribution is -2.30. The quantitative estimate of drug-likeness (QED) is 0.745. The third-order valence-corrected chi connectivity index (χ3v) is 3.73. The van der Waals surface area contributed by atoms with Gasteiger partial charge in [-0.25, -0.2) is 0 Å². The van der Waals surface area contributed by atoms with Crippen LogP contribution in [0.15, 0.2) is 18.2 Å². The van der Waals surface area contributed by atoms with Crippen LogP contribution in [0.1, 0.15) is 38.2 Å². The summed E-state index contributed by atoms with van der Waals surface area (Å²) in [6.07, 6.45) is 5.40. The molecule has 3 N–H and O–H groups in total. The largest absolute Gasteiger partial charge is 0.399 e. The van der Waals surface area contributed by atoms with E-state index in [1.165, 1.54) is 31.4 Å². The van der Waals surface area contributed by atoms with Crippen molar-refractivity contribution in [2.75, 3.05) is 11.1 Å². The van der Waals surface area contributed by atoms with Gasteiger partial charge < -0.3 is 11.1 Å². The summed E-state index contributed by atoms with van der Waals surface area (Å²) in [4.78, 5) is 0. The SMILES string of the molecule is Cc1cc(NC2CCCCC2C)ccc1N. The molecule has 1 aromatic rings. The van der Waals surface area contributed by atoms with Crippen molar-refractivity contribution in [2.45, 2.75) is 45.6 Å². The van der Waals surface area contributed by atoms with E-state index in [2.05, 4.69) is 31.3 Å². The summed E-state index contributed by atoms with van der Waals surface area (Å²) in [6, 6.07) is 6.86. The number of benzene rings is 1. The van der Waals surface area contributed by atoms with Gasteiger partial charge in [0, 0.05) is 17.4 Å². The zero-order chi connectivity index (χ0) is 11.5. The van der Waals surface area contributed by atoms with Crippen LogP contribution in [0.25, 0.3) is 0 Å². The number of anilines is 2. The second-order valence-corrected chi connectivity index (χ2v) is 5.08.